The molecule has 0 saturated heterocycles. The van der Waals surface area contributed by atoms with E-state index in [4.69, 9.17) is 11.6 Å². The number of aryl methyl sites for hydroxylation is 1. The van der Waals surface area contributed by atoms with Gasteiger partial charge in [-0.05, 0) is 31.2 Å². The Hall–Kier alpha value is -1.26. The maximum Gasteiger partial charge on any atom is 0.271 e. The fourth-order valence-electron chi connectivity index (χ4n) is 1.31. The van der Waals surface area contributed by atoms with Crippen LogP contribution >= 0.6 is 24.2 Å². The molecule has 1 aromatic carbocycles. The Kier molecular flexibility index (Phi) is 3.03. The molecule has 2 rings (SSSR count). The van der Waals surface area contributed by atoms with E-state index < -0.39 is 0 Å². The largest absolute Gasteiger partial charge is 0.271 e. The molecule has 5 heteroatoms. The Morgan fingerprint density at radius 3 is 2.56 bits per heavy atom. The monoisotopic (exact) mass is 252 g/mol. The van der Waals surface area contributed by atoms with Gasteiger partial charge in [-0.15, -0.1) is 12.6 Å². The SMILES string of the molecule is Cc1ncn(-c2ccc(Cl)cc2)c(=O)c1S. The molecule has 0 atom stereocenters. The number of halogens is 1. The molecular weight excluding hydrogens is 244 g/mol. The van der Waals surface area contributed by atoms with E-state index in [1.165, 1.54) is 10.9 Å². The fourth-order valence-corrected chi connectivity index (χ4v) is 1.60. The third-order valence-electron chi connectivity index (χ3n) is 2.24. The van der Waals surface area contributed by atoms with Crippen LogP contribution in [-0.2, 0) is 0 Å². The summed E-state index contributed by atoms with van der Waals surface area (Å²) in [4.78, 5) is 16.3. The van der Waals surface area contributed by atoms with E-state index in [0.29, 0.717) is 15.6 Å². The van der Waals surface area contributed by atoms with Crippen molar-refractivity contribution in [3.05, 3.63) is 51.7 Å². The molecule has 1 heterocycles. The summed E-state index contributed by atoms with van der Waals surface area (Å²) in [6.45, 7) is 1.75. The molecule has 2 aromatic rings. The highest BCUT2D eigenvalue weighted by molar-refractivity contribution is 7.80. The second kappa shape index (κ2) is 4.31. The summed E-state index contributed by atoms with van der Waals surface area (Å²) in [6, 6.07) is 6.96. The lowest BCUT2D eigenvalue weighted by Gasteiger charge is -2.06. The lowest BCUT2D eigenvalue weighted by molar-refractivity contribution is 0.867. The van der Waals surface area contributed by atoms with Gasteiger partial charge in [-0.1, -0.05) is 11.6 Å². The zero-order chi connectivity index (χ0) is 11.7. The lowest BCUT2D eigenvalue weighted by atomic mass is 10.3. The van der Waals surface area contributed by atoms with E-state index >= 15 is 0 Å². The quantitative estimate of drug-likeness (QED) is 0.792. The molecule has 0 aliphatic heterocycles. The molecule has 0 bridgehead atoms. The highest BCUT2D eigenvalue weighted by Crippen LogP contribution is 2.12. The van der Waals surface area contributed by atoms with Gasteiger partial charge >= 0.3 is 0 Å². The minimum absolute atomic E-state index is 0.182. The fraction of sp³-hybridized carbons (Fsp3) is 0.0909. The smallest absolute Gasteiger partial charge is 0.268 e. The first-order valence-corrected chi connectivity index (χ1v) is 5.45. The van der Waals surface area contributed by atoms with Crippen LogP contribution in [-0.4, -0.2) is 9.55 Å². The van der Waals surface area contributed by atoms with Gasteiger partial charge in [0.1, 0.15) is 6.33 Å². The van der Waals surface area contributed by atoms with Crippen molar-refractivity contribution in [1.29, 1.82) is 0 Å². The average molecular weight is 253 g/mol. The zero-order valence-corrected chi connectivity index (χ0v) is 10.2. The lowest BCUT2D eigenvalue weighted by Crippen LogP contribution is -2.20. The summed E-state index contributed by atoms with van der Waals surface area (Å²) in [5, 5.41) is 0.628. The van der Waals surface area contributed by atoms with Crippen molar-refractivity contribution in [3.8, 4) is 5.69 Å². The molecule has 0 amide bonds. The van der Waals surface area contributed by atoms with Crippen LogP contribution in [0.2, 0.25) is 5.02 Å². The molecule has 0 aliphatic carbocycles. The summed E-state index contributed by atoms with van der Waals surface area (Å²) in [5.74, 6) is 0. The Labute approximate surface area is 103 Å². The zero-order valence-electron chi connectivity index (χ0n) is 8.51. The second-order valence-corrected chi connectivity index (χ2v) is 4.21. The summed E-state index contributed by atoms with van der Waals surface area (Å²) in [6.07, 6.45) is 1.49. The molecule has 82 valence electrons. The normalized spacial score (nSPS) is 10.4. The highest BCUT2D eigenvalue weighted by Gasteiger charge is 2.05. The van der Waals surface area contributed by atoms with Gasteiger partial charge in [-0.25, -0.2) is 4.98 Å². The molecular formula is C11H9ClN2OS. The van der Waals surface area contributed by atoms with Crippen molar-refractivity contribution in [3.63, 3.8) is 0 Å². The van der Waals surface area contributed by atoms with Gasteiger partial charge in [-0.3, -0.25) is 9.36 Å². The maximum absolute atomic E-state index is 11.9. The number of aromatic nitrogens is 2. The Bertz CT molecular complexity index is 578. The van der Waals surface area contributed by atoms with E-state index in [0.717, 1.165) is 5.69 Å². The molecule has 3 nitrogen and oxygen atoms in total. The van der Waals surface area contributed by atoms with Crippen LogP contribution in [0.5, 0.6) is 0 Å². The number of nitrogens with zero attached hydrogens (tertiary/aromatic N) is 2. The van der Waals surface area contributed by atoms with E-state index in [1.54, 1.807) is 31.2 Å². The first kappa shape index (κ1) is 11.2. The van der Waals surface area contributed by atoms with Crippen LogP contribution in [0, 0.1) is 6.92 Å². The second-order valence-electron chi connectivity index (χ2n) is 3.33. The van der Waals surface area contributed by atoms with Gasteiger partial charge in [0.2, 0.25) is 0 Å². The summed E-state index contributed by atoms with van der Waals surface area (Å²) >= 11 is 9.91. The Morgan fingerprint density at radius 2 is 1.94 bits per heavy atom. The van der Waals surface area contributed by atoms with E-state index in [-0.39, 0.29) is 5.56 Å². The molecule has 1 aromatic heterocycles. The van der Waals surface area contributed by atoms with Crippen LogP contribution < -0.4 is 5.56 Å². The van der Waals surface area contributed by atoms with Crippen molar-refractivity contribution in [2.24, 2.45) is 0 Å². The average Bonchev–Trinajstić information content (AvgIpc) is 2.28. The van der Waals surface area contributed by atoms with Gasteiger partial charge in [0, 0.05) is 5.02 Å². The first-order valence-electron chi connectivity index (χ1n) is 4.63. The van der Waals surface area contributed by atoms with Crippen molar-refractivity contribution in [1.82, 2.24) is 9.55 Å². The molecule has 0 saturated carbocycles. The summed E-state index contributed by atoms with van der Waals surface area (Å²) in [5.41, 5.74) is 1.16. The molecule has 0 spiro atoms. The number of hydrogen-bond acceptors (Lipinski definition) is 3. The van der Waals surface area contributed by atoms with E-state index in [2.05, 4.69) is 17.6 Å². The minimum Gasteiger partial charge on any atom is -0.268 e. The van der Waals surface area contributed by atoms with E-state index in [1.807, 2.05) is 0 Å². The van der Waals surface area contributed by atoms with Gasteiger partial charge in [0.05, 0.1) is 16.3 Å². The third-order valence-corrected chi connectivity index (χ3v) is 3.00. The Morgan fingerprint density at radius 1 is 1.31 bits per heavy atom. The molecule has 0 N–H and O–H groups in total. The number of hydrogen-bond donors (Lipinski definition) is 1. The maximum atomic E-state index is 11.9. The van der Waals surface area contributed by atoms with Crippen LogP contribution in [0.15, 0.2) is 40.3 Å². The van der Waals surface area contributed by atoms with Crippen LogP contribution in [0.4, 0.5) is 0 Å². The van der Waals surface area contributed by atoms with Gasteiger partial charge in [0.15, 0.2) is 0 Å². The van der Waals surface area contributed by atoms with Crippen LogP contribution in [0.1, 0.15) is 5.69 Å². The number of benzene rings is 1. The molecule has 16 heavy (non-hydrogen) atoms. The molecule has 0 radical (unpaired) electrons. The third kappa shape index (κ3) is 1.99. The number of rotatable bonds is 1. The predicted octanol–water partition coefficient (Wildman–Crippen LogP) is 2.48. The predicted molar refractivity (Wildman–Crippen MR) is 66.8 cm³/mol. The van der Waals surface area contributed by atoms with Crippen molar-refractivity contribution in [2.75, 3.05) is 0 Å². The minimum atomic E-state index is -0.182. The topological polar surface area (TPSA) is 34.9 Å². The van der Waals surface area contributed by atoms with Crippen molar-refractivity contribution < 1.29 is 0 Å². The van der Waals surface area contributed by atoms with Gasteiger partial charge in [0.25, 0.3) is 5.56 Å². The first-order chi connectivity index (χ1) is 7.59. The summed E-state index contributed by atoms with van der Waals surface area (Å²) in [7, 11) is 0. The van der Waals surface area contributed by atoms with Crippen molar-refractivity contribution in [2.45, 2.75) is 11.8 Å². The standard InChI is InChI=1S/C11H9ClN2OS/c1-7-10(16)11(15)14(6-13-7)9-4-2-8(12)3-5-9/h2-6,16H,1H3. The molecule has 0 unspecified atom stereocenters. The number of thiol groups is 1. The van der Waals surface area contributed by atoms with Crippen LogP contribution in [0.3, 0.4) is 0 Å². The van der Waals surface area contributed by atoms with Gasteiger partial charge < -0.3 is 0 Å². The molecule has 0 aliphatic rings. The van der Waals surface area contributed by atoms with Crippen LogP contribution in [0.25, 0.3) is 5.69 Å². The Balaban J connectivity index is 2.61. The van der Waals surface area contributed by atoms with Gasteiger partial charge in [-0.2, -0.15) is 0 Å². The van der Waals surface area contributed by atoms with Crippen molar-refractivity contribution >= 4 is 24.2 Å². The molecule has 0 fully saturated rings. The summed E-state index contributed by atoms with van der Waals surface area (Å²) < 4.78 is 1.44. The van der Waals surface area contributed by atoms with E-state index in [9.17, 15) is 4.79 Å². The highest BCUT2D eigenvalue weighted by atomic mass is 35.5.